The van der Waals surface area contributed by atoms with E-state index in [0.717, 1.165) is 22.0 Å². The van der Waals surface area contributed by atoms with E-state index in [4.69, 9.17) is 14.2 Å². The van der Waals surface area contributed by atoms with Crippen LogP contribution in [0.2, 0.25) is 0 Å². The lowest BCUT2D eigenvalue weighted by molar-refractivity contribution is -0.135. The minimum atomic E-state index is -3.94. The Bertz CT molecular complexity index is 1230. The van der Waals surface area contributed by atoms with Crippen molar-refractivity contribution in [3.63, 3.8) is 0 Å². The second-order valence-corrected chi connectivity index (χ2v) is 10.4. The Morgan fingerprint density at radius 3 is 2.22 bits per heavy atom. The van der Waals surface area contributed by atoms with E-state index in [0.29, 0.717) is 52.7 Å². The molecule has 10 heteroatoms. The van der Waals surface area contributed by atoms with Gasteiger partial charge in [0.05, 0.1) is 44.5 Å². The largest absolute Gasteiger partial charge is 0.377 e. The maximum absolute atomic E-state index is 13.8. The molecule has 1 aliphatic rings. The Morgan fingerprint density at radius 1 is 0.944 bits per heavy atom. The van der Waals surface area contributed by atoms with Crippen molar-refractivity contribution in [2.75, 3.05) is 52.7 Å². The zero-order valence-corrected chi connectivity index (χ0v) is 21.3. The lowest BCUT2D eigenvalue weighted by Gasteiger charge is -2.28. The van der Waals surface area contributed by atoms with Crippen molar-refractivity contribution in [2.24, 2.45) is 0 Å². The third kappa shape index (κ3) is 6.92. The lowest BCUT2D eigenvalue weighted by Crippen LogP contribution is -2.51. The van der Waals surface area contributed by atoms with Gasteiger partial charge in [-0.05, 0) is 37.1 Å². The first-order valence-electron chi connectivity index (χ1n) is 12.1. The molecule has 0 aliphatic carbocycles. The van der Waals surface area contributed by atoms with E-state index >= 15 is 0 Å². The number of rotatable bonds is 6. The number of ether oxygens (including phenoxy) is 3. The number of para-hydroxylation sites is 1. The topological polar surface area (TPSA) is 110 Å². The third-order valence-electron chi connectivity index (χ3n) is 6.09. The molecule has 9 nitrogen and oxygen atoms in total. The molecule has 0 bridgehead atoms. The Labute approximate surface area is 211 Å². The molecule has 1 saturated heterocycles. The van der Waals surface area contributed by atoms with E-state index < -0.39 is 16.1 Å². The van der Waals surface area contributed by atoms with Gasteiger partial charge in [-0.2, -0.15) is 4.72 Å². The molecule has 2 N–H and O–H groups in total. The fourth-order valence-electron chi connectivity index (χ4n) is 4.12. The van der Waals surface area contributed by atoms with E-state index in [1.165, 1.54) is 0 Å². The lowest BCUT2D eigenvalue weighted by atomic mass is 10.0. The fourth-order valence-corrected chi connectivity index (χ4v) is 5.31. The first kappa shape index (κ1) is 26.3. The fraction of sp³-hybridized carbons (Fsp3) is 0.423. The van der Waals surface area contributed by atoms with Crippen LogP contribution in [-0.4, -0.2) is 83.0 Å². The number of aromatic nitrogens is 1. The van der Waals surface area contributed by atoms with Gasteiger partial charge < -0.3 is 24.1 Å². The summed E-state index contributed by atoms with van der Waals surface area (Å²) in [5, 5.41) is 0.949. The van der Waals surface area contributed by atoms with Crippen molar-refractivity contribution in [1.82, 2.24) is 14.6 Å². The number of hydrogen-bond donors (Lipinski definition) is 2. The van der Waals surface area contributed by atoms with Crippen molar-refractivity contribution >= 4 is 26.8 Å². The van der Waals surface area contributed by atoms with Crippen LogP contribution < -0.4 is 4.72 Å². The minimum absolute atomic E-state index is 0.116. The molecular formula is C26H33N3O6S. The highest BCUT2D eigenvalue weighted by atomic mass is 32.2. The third-order valence-corrected chi connectivity index (χ3v) is 7.58. The number of nitrogens with one attached hydrogen (secondary N) is 2. The van der Waals surface area contributed by atoms with E-state index in [9.17, 15) is 13.2 Å². The first-order chi connectivity index (χ1) is 17.4. The van der Waals surface area contributed by atoms with E-state index in [-0.39, 0.29) is 17.2 Å². The summed E-state index contributed by atoms with van der Waals surface area (Å²) in [6.07, 6.45) is 2.02. The average molecular weight is 516 g/mol. The Morgan fingerprint density at radius 2 is 1.56 bits per heavy atom. The van der Waals surface area contributed by atoms with Crippen molar-refractivity contribution < 1.29 is 27.4 Å². The van der Waals surface area contributed by atoms with Crippen LogP contribution in [0.5, 0.6) is 0 Å². The summed E-state index contributed by atoms with van der Waals surface area (Å²) >= 11 is 0. The predicted octanol–water partition coefficient (Wildman–Crippen LogP) is 2.26. The molecule has 1 atom stereocenters. The molecule has 1 fully saturated rings. The van der Waals surface area contributed by atoms with Gasteiger partial charge in [0.2, 0.25) is 15.9 Å². The van der Waals surface area contributed by atoms with Gasteiger partial charge in [0, 0.05) is 30.2 Å². The zero-order valence-electron chi connectivity index (χ0n) is 20.4. The zero-order chi connectivity index (χ0) is 25.4. The predicted molar refractivity (Wildman–Crippen MR) is 136 cm³/mol. The highest BCUT2D eigenvalue weighted by Gasteiger charge is 2.30. The molecule has 1 amide bonds. The maximum atomic E-state index is 13.8. The molecule has 3 aromatic rings. The molecule has 0 spiro atoms. The quantitative estimate of drug-likeness (QED) is 0.521. The van der Waals surface area contributed by atoms with Crippen LogP contribution in [0.1, 0.15) is 11.1 Å². The summed E-state index contributed by atoms with van der Waals surface area (Å²) in [5.41, 5.74) is 2.73. The summed E-state index contributed by atoms with van der Waals surface area (Å²) in [6, 6.07) is 13.3. The molecular weight excluding hydrogens is 482 g/mol. The molecule has 0 radical (unpaired) electrons. The van der Waals surface area contributed by atoms with Gasteiger partial charge in [0.1, 0.15) is 6.04 Å². The van der Waals surface area contributed by atoms with Crippen molar-refractivity contribution in [3.8, 4) is 0 Å². The van der Waals surface area contributed by atoms with Crippen molar-refractivity contribution in [3.05, 3.63) is 65.9 Å². The Kier molecular flexibility index (Phi) is 9.11. The normalized spacial score (nSPS) is 17.3. The highest BCUT2D eigenvalue weighted by Crippen LogP contribution is 2.21. The van der Waals surface area contributed by atoms with Gasteiger partial charge in [0.15, 0.2) is 0 Å². The van der Waals surface area contributed by atoms with Crippen molar-refractivity contribution in [1.29, 1.82) is 0 Å². The Balaban J connectivity index is 1.60. The SMILES string of the molecule is Cc1ccc(S(=O)(=O)N[C@@H](Cc2c[nH]c3ccccc23)C(=O)N2CCOCCOCCOCC2)cc1. The summed E-state index contributed by atoms with van der Waals surface area (Å²) < 4.78 is 45.9. The number of fused-ring (bicyclic) bond motifs is 1. The van der Waals surface area contributed by atoms with Crippen LogP contribution in [0.15, 0.2) is 59.6 Å². The van der Waals surface area contributed by atoms with Crippen LogP contribution in [-0.2, 0) is 35.4 Å². The first-order valence-corrected chi connectivity index (χ1v) is 13.6. The summed E-state index contributed by atoms with van der Waals surface area (Å²) in [4.78, 5) is 18.7. The molecule has 1 aromatic heterocycles. The van der Waals surface area contributed by atoms with E-state index in [2.05, 4.69) is 9.71 Å². The summed E-state index contributed by atoms with van der Waals surface area (Å²) in [5.74, 6) is -0.323. The van der Waals surface area contributed by atoms with Gasteiger partial charge in [-0.3, -0.25) is 4.79 Å². The Hall–Kier alpha value is -2.76. The number of hydrogen-bond acceptors (Lipinski definition) is 6. The average Bonchev–Trinajstić information content (AvgIpc) is 3.26. The molecule has 36 heavy (non-hydrogen) atoms. The molecule has 0 unspecified atom stereocenters. The second kappa shape index (κ2) is 12.5. The van der Waals surface area contributed by atoms with Crippen LogP contribution in [0, 0.1) is 6.92 Å². The second-order valence-electron chi connectivity index (χ2n) is 8.71. The van der Waals surface area contributed by atoms with E-state index in [1.54, 1.807) is 29.2 Å². The van der Waals surface area contributed by atoms with Gasteiger partial charge in [-0.25, -0.2) is 8.42 Å². The molecule has 4 rings (SSSR count). The van der Waals surface area contributed by atoms with Crippen LogP contribution in [0.4, 0.5) is 0 Å². The number of carbonyl (C=O) groups is 1. The van der Waals surface area contributed by atoms with Gasteiger partial charge >= 0.3 is 0 Å². The van der Waals surface area contributed by atoms with Gasteiger partial charge in [-0.15, -0.1) is 0 Å². The van der Waals surface area contributed by atoms with Crippen molar-refractivity contribution in [2.45, 2.75) is 24.3 Å². The number of aryl methyl sites for hydroxylation is 1. The van der Waals surface area contributed by atoms with E-state index in [1.807, 2.05) is 37.4 Å². The smallest absolute Gasteiger partial charge is 0.241 e. The molecule has 2 heterocycles. The minimum Gasteiger partial charge on any atom is -0.377 e. The molecule has 0 saturated carbocycles. The highest BCUT2D eigenvalue weighted by molar-refractivity contribution is 7.89. The number of benzene rings is 2. The monoisotopic (exact) mass is 515 g/mol. The summed E-state index contributed by atoms with van der Waals surface area (Å²) in [6.45, 7) is 4.91. The van der Waals surface area contributed by atoms with Gasteiger partial charge in [0.25, 0.3) is 0 Å². The van der Waals surface area contributed by atoms with Crippen LogP contribution in [0.3, 0.4) is 0 Å². The molecule has 194 valence electrons. The van der Waals surface area contributed by atoms with Gasteiger partial charge in [-0.1, -0.05) is 35.9 Å². The number of amides is 1. The standard InChI is InChI=1S/C26H33N3O6S/c1-20-6-8-22(9-7-20)36(31,32)28-25(18-21-19-27-24-5-3-2-4-23(21)24)26(30)29-10-12-33-14-16-35-17-15-34-13-11-29/h2-9,19,25,27-28H,10-18H2,1H3/t25-/m0/s1. The summed E-state index contributed by atoms with van der Waals surface area (Å²) in [7, 11) is -3.94. The van der Waals surface area contributed by atoms with Crippen LogP contribution in [0.25, 0.3) is 10.9 Å². The number of carbonyl (C=O) groups excluding carboxylic acids is 1. The molecule has 1 aliphatic heterocycles. The number of nitrogens with zero attached hydrogens (tertiary/aromatic N) is 1. The number of sulfonamides is 1. The number of aromatic amines is 1. The van der Waals surface area contributed by atoms with Crippen LogP contribution >= 0.6 is 0 Å². The molecule has 2 aromatic carbocycles. The number of H-pyrrole nitrogens is 1. The maximum Gasteiger partial charge on any atom is 0.241 e.